The van der Waals surface area contributed by atoms with Gasteiger partial charge in [-0.2, -0.15) is 0 Å². The van der Waals surface area contributed by atoms with E-state index in [-0.39, 0.29) is 23.1 Å². The number of carboxylic acid groups (broad SMARTS) is 2. The quantitative estimate of drug-likeness (QED) is 0.233. The van der Waals surface area contributed by atoms with Gasteiger partial charge in [0.2, 0.25) is 0 Å². The molecule has 0 spiro atoms. The number of hydrogen-bond donors (Lipinski definition) is 6. The highest BCUT2D eigenvalue weighted by Gasteiger charge is 2.58. The van der Waals surface area contributed by atoms with E-state index in [1.165, 1.54) is 38.1 Å². The molecule has 0 aromatic heterocycles. The molecule has 6 N–H and O–H groups in total. The van der Waals surface area contributed by atoms with Gasteiger partial charge in [0, 0.05) is 25.7 Å². The van der Waals surface area contributed by atoms with Gasteiger partial charge in [0.1, 0.15) is 0 Å². The third-order valence-electron chi connectivity index (χ3n) is 5.58. The minimum atomic E-state index is -1.22. The lowest BCUT2D eigenvalue weighted by molar-refractivity contribution is -0.160. The number of phenols is 4. The van der Waals surface area contributed by atoms with Crippen molar-refractivity contribution in [3.05, 3.63) is 47.5 Å². The molecular formula is C26H32O12. The molecule has 38 heavy (non-hydrogen) atoms. The lowest BCUT2D eigenvalue weighted by Gasteiger charge is -2.48. The van der Waals surface area contributed by atoms with Crippen LogP contribution in [0.3, 0.4) is 0 Å². The van der Waals surface area contributed by atoms with Crippen molar-refractivity contribution in [2.45, 2.75) is 39.5 Å². The number of rotatable bonds is 6. The van der Waals surface area contributed by atoms with Gasteiger partial charge in [0.15, 0.2) is 23.0 Å². The summed E-state index contributed by atoms with van der Waals surface area (Å²) in [7, 11) is 0. The van der Waals surface area contributed by atoms with E-state index in [9.17, 15) is 49.8 Å². The number of carbonyl (C=O) groups excluding carboxylic acids is 2. The molecule has 3 rings (SSSR count). The summed E-state index contributed by atoms with van der Waals surface area (Å²) < 4.78 is 8.81. The fourth-order valence-corrected chi connectivity index (χ4v) is 4.09. The summed E-state index contributed by atoms with van der Waals surface area (Å²) in [5.74, 6) is -8.71. The van der Waals surface area contributed by atoms with Gasteiger partial charge in [-0.1, -0.05) is 12.1 Å². The minimum Gasteiger partial charge on any atom is -0.504 e. The van der Waals surface area contributed by atoms with Crippen LogP contribution in [0.4, 0.5) is 0 Å². The van der Waals surface area contributed by atoms with Crippen LogP contribution >= 0.6 is 0 Å². The highest BCUT2D eigenvalue weighted by atomic mass is 16.5. The first kappa shape index (κ1) is 31.5. The van der Waals surface area contributed by atoms with Crippen LogP contribution in [0.25, 0.3) is 0 Å². The number of phenolic OH excluding ortho intramolecular Hbond substituents is 4. The molecule has 0 unspecified atom stereocenters. The van der Waals surface area contributed by atoms with Gasteiger partial charge >= 0.3 is 23.9 Å². The van der Waals surface area contributed by atoms with Crippen LogP contribution in [0.15, 0.2) is 36.4 Å². The van der Waals surface area contributed by atoms with Crippen molar-refractivity contribution in [3.8, 4) is 23.0 Å². The Morgan fingerprint density at radius 2 is 0.947 bits per heavy atom. The molecule has 0 amide bonds. The highest BCUT2D eigenvalue weighted by Crippen LogP contribution is 2.58. The average Bonchev–Trinajstić information content (AvgIpc) is 2.78. The average molecular weight is 537 g/mol. The maximum absolute atomic E-state index is 11.8. The predicted octanol–water partition coefficient (Wildman–Crippen LogP) is 2.93. The van der Waals surface area contributed by atoms with Crippen molar-refractivity contribution < 1.29 is 59.3 Å². The summed E-state index contributed by atoms with van der Waals surface area (Å²) in [6.45, 7) is 7.31. The molecule has 1 saturated carbocycles. The molecular weight excluding hydrogens is 504 g/mol. The number of aliphatic carboxylic acids is 2. The van der Waals surface area contributed by atoms with E-state index in [2.05, 4.69) is 9.47 Å². The van der Waals surface area contributed by atoms with Crippen LogP contribution in [-0.2, 0) is 28.7 Å². The maximum Gasteiger partial charge on any atom is 0.307 e. The molecule has 0 bridgehead atoms. The van der Waals surface area contributed by atoms with Gasteiger partial charge in [-0.05, 0) is 49.2 Å². The van der Waals surface area contributed by atoms with Crippen molar-refractivity contribution in [3.63, 3.8) is 0 Å². The smallest absolute Gasteiger partial charge is 0.307 e. The fourth-order valence-electron chi connectivity index (χ4n) is 4.09. The Morgan fingerprint density at radius 3 is 1.13 bits per heavy atom. The van der Waals surface area contributed by atoms with E-state index in [4.69, 9.17) is 0 Å². The fraction of sp³-hybridized carbons (Fsp3) is 0.385. The van der Waals surface area contributed by atoms with Gasteiger partial charge in [0.05, 0.1) is 25.0 Å². The highest BCUT2D eigenvalue weighted by molar-refractivity contribution is 5.83. The first-order valence-corrected chi connectivity index (χ1v) is 11.5. The van der Waals surface area contributed by atoms with Crippen molar-refractivity contribution in [1.82, 2.24) is 0 Å². The molecule has 0 aliphatic heterocycles. The summed E-state index contributed by atoms with van der Waals surface area (Å²) >= 11 is 0. The first-order valence-electron chi connectivity index (χ1n) is 11.5. The zero-order chi connectivity index (χ0) is 29.2. The summed E-state index contributed by atoms with van der Waals surface area (Å²) in [5.41, 5.74) is 0.554. The van der Waals surface area contributed by atoms with E-state index in [1.54, 1.807) is 13.8 Å². The molecule has 1 aliphatic carbocycles. The summed E-state index contributed by atoms with van der Waals surface area (Å²) in [4.78, 5) is 43.3. The largest absolute Gasteiger partial charge is 0.504 e. The molecule has 0 atom stereocenters. The molecule has 2 aromatic carbocycles. The topological polar surface area (TPSA) is 208 Å². The number of esters is 2. The Kier molecular flexibility index (Phi) is 11.9. The zero-order valence-corrected chi connectivity index (χ0v) is 21.3. The van der Waals surface area contributed by atoms with E-state index in [1.807, 2.05) is 0 Å². The van der Waals surface area contributed by atoms with Crippen LogP contribution in [0.1, 0.15) is 50.7 Å². The van der Waals surface area contributed by atoms with Crippen LogP contribution in [0.2, 0.25) is 0 Å². The Labute approximate surface area is 218 Å². The molecule has 2 aromatic rings. The maximum atomic E-state index is 11.8. The van der Waals surface area contributed by atoms with Gasteiger partial charge in [-0.25, -0.2) is 0 Å². The predicted molar refractivity (Wildman–Crippen MR) is 132 cm³/mol. The summed E-state index contributed by atoms with van der Waals surface area (Å²) in [6, 6.07) is 7.38. The monoisotopic (exact) mass is 536 g/mol. The number of benzene rings is 2. The second-order valence-electron chi connectivity index (χ2n) is 8.13. The van der Waals surface area contributed by atoms with Crippen LogP contribution in [-0.4, -0.2) is 67.7 Å². The van der Waals surface area contributed by atoms with Crippen LogP contribution < -0.4 is 0 Å². The molecule has 12 nitrogen and oxygen atoms in total. The lowest BCUT2D eigenvalue weighted by atomic mass is 9.52. The van der Waals surface area contributed by atoms with E-state index < -0.39 is 58.6 Å². The third-order valence-corrected chi connectivity index (χ3v) is 5.58. The van der Waals surface area contributed by atoms with Gasteiger partial charge < -0.3 is 40.1 Å². The van der Waals surface area contributed by atoms with Gasteiger partial charge in [0.25, 0.3) is 0 Å². The number of hydrogen-bond acceptors (Lipinski definition) is 10. The molecule has 1 fully saturated rings. The molecule has 12 heteroatoms. The van der Waals surface area contributed by atoms with Crippen molar-refractivity contribution >= 4 is 23.9 Å². The first-order chi connectivity index (χ1) is 17.8. The lowest BCUT2D eigenvalue weighted by Crippen LogP contribution is -2.50. The molecule has 208 valence electrons. The van der Waals surface area contributed by atoms with E-state index in [0.717, 1.165) is 12.1 Å². The van der Waals surface area contributed by atoms with Crippen LogP contribution in [0.5, 0.6) is 23.0 Å². The zero-order valence-electron chi connectivity index (χ0n) is 21.3. The minimum absolute atomic E-state index is 0.211. The van der Waals surface area contributed by atoms with E-state index in [0.29, 0.717) is 13.2 Å². The Balaban J connectivity index is 0.000000503. The number of carboxylic acids is 2. The van der Waals surface area contributed by atoms with E-state index >= 15 is 0 Å². The van der Waals surface area contributed by atoms with Gasteiger partial charge in [-0.3, -0.25) is 19.2 Å². The number of aromatic hydroxyl groups is 4. The number of ether oxygens (including phenoxy) is 2. The second kappa shape index (κ2) is 14.3. The van der Waals surface area contributed by atoms with Crippen molar-refractivity contribution in [2.24, 2.45) is 11.8 Å². The molecule has 1 aliphatic rings. The van der Waals surface area contributed by atoms with Gasteiger partial charge in [-0.15, -0.1) is 0 Å². The number of carbonyl (C=O) groups is 4. The molecule has 0 heterocycles. The molecule has 0 saturated heterocycles. The van der Waals surface area contributed by atoms with Crippen molar-refractivity contribution in [2.75, 3.05) is 13.2 Å². The molecule has 0 radical (unpaired) electrons. The summed E-state index contributed by atoms with van der Waals surface area (Å²) in [6.07, 6.45) is 0. The SMILES string of the molecule is CCOC(C)=O.CCOC(C)=O.O=C(O)C1C(c2ccc(O)c(O)c2)C(C(=O)O)C1c1ccc(O)c(O)c1. The van der Waals surface area contributed by atoms with Crippen LogP contribution in [0, 0.1) is 11.8 Å². The Morgan fingerprint density at radius 1 is 0.632 bits per heavy atom. The standard InChI is InChI=1S/C18H16O8.2C4H8O2/c19-9-3-1-7(5-11(9)21)13-15(17(23)24)14(16(13)18(25)26)8-2-4-10(20)12(22)6-8;2*1-3-6-4(2)5/h1-6,13-16,19-22H,(H,23,24)(H,25,26);2*3H2,1-2H3. The Hall–Kier alpha value is -4.48. The third kappa shape index (κ3) is 8.29. The normalized spacial score (nSPS) is 19.3. The summed E-state index contributed by atoms with van der Waals surface area (Å²) in [5, 5.41) is 57.4. The van der Waals surface area contributed by atoms with Crippen molar-refractivity contribution in [1.29, 1.82) is 0 Å². The Bertz CT molecular complexity index is 1050. The second-order valence-corrected chi connectivity index (χ2v) is 8.13.